The number of benzene rings is 1. The van der Waals surface area contributed by atoms with Gasteiger partial charge in [0.05, 0.1) is 12.0 Å². The van der Waals surface area contributed by atoms with Gasteiger partial charge in [0.1, 0.15) is 11.3 Å². The number of carboxylic acids is 1. The fourth-order valence-electron chi connectivity index (χ4n) is 1.51. The van der Waals surface area contributed by atoms with Crippen LogP contribution in [0.3, 0.4) is 0 Å². The van der Waals surface area contributed by atoms with Crippen LogP contribution in [0.4, 0.5) is 0 Å². The van der Waals surface area contributed by atoms with Crippen LogP contribution in [-0.4, -0.2) is 58.7 Å². The molecule has 1 aromatic rings. The first kappa shape index (κ1) is 16.4. The quantitative estimate of drug-likeness (QED) is 0.749. The van der Waals surface area contributed by atoms with Crippen LogP contribution in [0.15, 0.2) is 23.1 Å². The molecule has 0 amide bonds. The van der Waals surface area contributed by atoms with E-state index in [-0.39, 0.29) is 22.8 Å². The molecule has 0 atom stereocenters. The second-order valence-corrected chi connectivity index (χ2v) is 6.14. The molecule has 112 valence electrons. The molecule has 7 nitrogen and oxygen atoms in total. The van der Waals surface area contributed by atoms with Gasteiger partial charge in [-0.2, -0.15) is 0 Å². The van der Waals surface area contributed by atoms with Crippen LogP contribution in [0.25, 0.3) is 0 Å². The third-order valence-corrected chi connectivity index (χ3v) is 4.02. The van der Waals surface area contributed by atoms with Gasteiger partial charge in [-0.15, -0.1) is 0 Å². The number of nitrogens with one attached hydrogen (secondary N) is 1. The zero-order chi connectivity index (χ0) is 15.3. The Morgan fingerprint density at radius 3 is 2.55 bits per heavy atom. The normalized spacial score (nSPS) is 11.6. The topological polar surface area (TPSA) is 95.9 Å². The molecule has 0 fully saturated rings. The van der Waals surface area contributed by atoms with Crippen molar-refractivity contribution in [2.24, 2.45) is 0 Å². The summed E-state index contributed by atoms with van der Waals surface area (Å²) < 4.78 is 31.3. The summed E-state index contributed by atoms with van der Waals surface area (Å²) in [6.45, 7) is 0.783. The zero-order valence-corrected chi connectivity index (χ0v) is 12.4. The van der Waals surface area contributed by atoms with Crippen LogP contribution in [0.5, 0.6) is 5.75 Å². The molecule has 0 spiro atoms. The average molecular weight is 302 g/mol. The largest absolute Gasteiger partial charge is 0.496 e. The lowest BCUT2D eigenvalue weighted by molar-refractivity contribution is 0.0693. The molecule has 0 bridgehead atoms. The molecule has 0 aliphatic rings. The Balaban J connectivity index is 3.01. The number of sulfonamides is 1. The number of aromatic carboxylic acids is 1. The molecule has 0 unspecified atom stereocenters. The summed E-state index contributed by atoms with van der Waals surface area (Å²) in [5, 5.41) is 9.03. The zero-order valence-electron chi connectivity index (χ0n) is 11.6. The van der Waals surface area contributed by atoms with Crippen molar-refractivity contribution in [3.05, 3.63) is 23.8 Å². The average Bonchev–Trinajstić information content (AvgIpc) is 2.37. The molecular formula is C12H18N2O5S. The Bertz CT molecular complexity index is 584. The van der Waals surface area contributed by atoms with Crippen molar-refractivity contribution in [1.82, 2.24) is 9.62 Å². The van der Waals surface area contributed by atoms with E-state index in [1.54, 1.807) is 0 Å². The van der Waals surface area contributed by atoms with Gasteiger partial charge in [-0.05, 0) is 32.3 Å². The molecule has 0 aliphatic heterocycles. The summed E-state index contributed by atoms with van der Waals surface area (Å²) >= 11 is 0. The second-order valence-electron chi connectivity index (χ2n) is 4.37. The molecule has 0 saturated heterocycles. The predicted molar refractivity (Wildman–Crippen MR) is 73.7 cm³/mol. The number of ether oxygens (including phenoxy) is 1. The SMILES string of the molecule is COc1ccc(S(=O)(=O)NCCN(C)C)cc1C(=O)O. The molecule has 0 radical (unpaired) electrons. The van der Waals surface area contributed by atoms with Crippen molar-refractivity contribution in [2.75, 3.05) is 34.3 Å². The fourth-order valence-corrected chi connectivity index (χ4v) is 2.56. The second kappa shape index (κ2) is 6.69. The van der Waals surface area contributed by atoms with E-state index in [1.165, 1.54) is 19.2 Å². The van der Waals surface area contributed by atoms with E-state index in [4.69, 9.17) is 9.84 Å². The highest BCUT2D eigenvalue weighted by Gasteiger charge is 2.19. The molecule has 0 saturated carbocycles. The number of rotatable bonds is 7. The number of hydrogen-bond acceptors (Lipinski definition) is 5. The van der Waals surface area contributed by atoms with Gasteiger partial charge in [0.2, 0.25) is 10.0 Å². The number of carbonyl (C=O) groups is 1. The Morgan fingerprint density at radius 2 is 2.05 bits per heavy atom. The number of nitrogens with zero attached hydrogens (tertiary/aromatic N) is 1. The molecule has 1 rings (SSSR count). The van der Waals surface area contributed by atoms with Gasteiger partial charge in [0.25, 0.3) is 0 Å². The summed E-state index contributed by atoms with van der Waals surface area (Å²) in [6, 6.07) is 3.71. The lowest BCUT2D eigenvalue weighted by Crippen LogP contribution is -2.31. The molecule has 0 aliphatic carbocycles. The van der Waals surface area contributed by atoms with Crippen molar-refractivity contribution in [2.45, 2.75) is 4.90 Å². The first-order valence-corrected chi connectivity index (χ1v) is 7.32. The molecule has 2 N–H and O–H groups in total. The van der Waals surface area contributed by atoms with Crippen LogP contribution in [0.1, 0.15) is 10.4 Å². The summed E-state index contributed by atoms with van der Waals surface area (Å²) in [5.74, 6) is -1.13. The number of hydrogen-bond donors (Lipinski definition) is 2. The smallest absolute Gasteiger partial charge is 0.339 e. The third-order valence-electron chi connectivity index (χ3n) is 2.56. The summed E-state index contributed by atoms with van der Waals surface area (Å²) in [4.78, 5) is 12.8. The van der Waals surface area contributed by atoms with Gasteiger partial charge < -0.3 is 14.7 Å². The lowest BCUT2D eigenvalue weighted by atomic mass is 10.2. The molecule has 1 aromatic carbocycles. The highest BCUT2D eigenvalue weighted by atomic mass is 32.2. The number of carboxylic acid groups (broad SMARTS) is 1. The van der Waals surface area contributed by atoms with E-state index in [2.05, 4.69) is 4.72 Å². The van der Waals surface area contributed by atoms with Crippen molar-refractivity contribution in [3.63, 3.8) is 0 Å². The van der Waals surface area contributed by atoms with Crippen LogP contribution in [0, 0.1) is 0 Å². The standard InChI is InChI=1S/C12H18N2O5S/c1-14(2)7-6-13-20(17,18)9-4-5-11(19-3)10(8-9)12(15)16/h4-5,8,13H,6-7H2,1-3H3,(H,15,16). The first-order chi connectivity index (χ1) is 9.27. The van der Waals surface area contributed by atoms with Crippen LogP contribution in [-0.2, 0) is 10.0 Å². The Hall–Kier alpha value is -1.64. The van der Waals surface area contributed by atoms with E-state index in [0.29, 0.717) is 6.54 Å². The minimum absolute atomic E-state index is 0.102. The maximum Gasteiger partial charge on any atom is 0.339 e. The van der Waals surface area contributed by atoms with Crippen molar-refractivity contribution in [3.8, 4) is 5.75 Å². The van der Waals surface area contributed by atoms with E-state index < -0.39 is 16.0 Å². The van der Waals surface area contributed by atoms with E-state index >= 15 is 0 Å². The molecule has 0 aromatic heterocycles. The maximum atomic E-state index is 12.0. The first-order valence-electron chi connectivity index (χ1n) is 5.83. The highest BCUT2D eigenvalue weighted by Crippen LogP contribution is 2.22. The molecular weight excluding hydrogens is 284 g/mol. The summed E-state index contributed by atoms with van der Waals surface area (Å²) in [6.07, 6.45) is 0. The highest BCUT2D eigenvalue weighted by molar-refractivity contribution is 7.89. The number of methoxy groups -OCH3 is 1. The summed E-state index contributed by atoms with van der Waals surface area (Å²) in [5.41, 5.74) is -0.192. The Morgan fingerprint density at radius 1 is 1.40 bits per heavy atom. The van der Waals surface area contributed by atoms with E-state index in [9.17, 15) is 13.2 Å². The maximum absolute atomic E-state index is 12.0. The fraction of sp³-hybridized carbons (Fsp3) is 0.417. The minimum atomic E-state index is -3.73. The van der Waals surface area contributed by atoms with Gasteiger partial charge in [-0.25, -0.2) is 17.9 Å². The lowest BCUT2D eigenvalue weighted by Gasteiger charge is -2.12. The molecule has 20 heavy (non-hydrogen) atoms. The van der Waals surface area contributed by atoms with Crippen molar-refractivity contribution < 1.29 is 23.1 Å². The van der Waals surface area contributed by atoms with Gasteiger partial charge >= 0.3 is 5.97 Å². The van der Waals surface area contributed by atoms with Crippen LogP contribution in [0.2, 0.25) is 0 Å². The predicted octanol–water partition coefficient (Wildman–Crippen LogP) is 0.233. The van der Waals surface area contributed by atoms with Gasteiger partial charge in [-0.3, -0.25) is 0 Å². The van der Waals surface area contributed by atoms with E-state index in [0.717, 1.165) is 6.07 Å². The van der Waals surface area contributed by atoms with Crippen molar-refractivity contribution in [1.29, 1.82) is 0 Å². The van der Waals surface area contributed by atoms with Gasteiger partial charge in [0, 0.05) is 13.1 Å². The van der Waals surface area contributed by atoms with Gasteiger partial charge in [0.15, 0.2) is 0 Å². The third kappa shape index (κ3) is 4.19. The van der Waals surface area contributed by atoms with E-state index in [1.807, 2.05) is 19.0 Å². The van der Waals surface area contributed by atoms with Crippen molar-refractivity contribution >= 4 is 16.0 Å². The Kier molecular flexibility index (Phi) is 5.49. The molecule has 8 heteroatoms. The Labute approximate surface area is 118 Å². The van der Waals surface area contributed by atoms with Crippen LogP contribution < -0.4 is 9.46 Å². The number of likely N-dealkylation sites (N-methyl/N-ethyl adjacent to an activating group) is 1. The summed E-state index contributed by atoms with van der Waals surface area (Å²) in [7, 11) is 1.24. The van der Waals surface area contributed by atoms with Gasteiger partial charge in [-0.1, -0.05) is 0 Å². The molecule has 0 heterocycles. The minimum Gasteiger partial charge on any atom is -0.496 e. The monoisotopic (exact) mass is 302 g/mol. The van der Waals surface area contributed by atoms with Crippen LogP contribution >= 0.6 is 0 Å².